The zero-order chi connectivity index (χ0) is 25.3. The van der Waals surface area contributed by atoms with Crippen LogP contribution in [-0.2, 0) is 17.7 Å². The Morgan fingerprint density at radius 2 is 1.94 bits per heavy atom. The molecule has 180 valence electrons. The fourth-order valence-corrected chi connectivity index (χ4v) is 5.17. The summed E-state index contributed by atoms with van der Waals surface area (Å²) in [6, 6.07) is 9.76. The Morgan fingerprint density at radius 3 is 2.54 bits per heavy atom. The number of nitrogens with two attached hydrogens (primary N) is 1. The van der Waals surface area contributed by atoms with Gasteiger partial charge in [-0.3, -0.25) is 4.79 Å². The predicted octanol–water partition coefficient (Wildman–Crippen LogP) is 5.68. The van der Waals surface area contributed by atoms with E-state index < -0.39 is 11.9 Å². The van der Waals surface area contributed by atoms with E-state index in [2.05, 4.69) is 6.58 Å². The molecule has 35 heavy (non-hydrogen) atoms. The Kier molecular flexibility index (Phi) is 6.84. The lowest BCUT2D eigenvalue weighted by atomic mass is 9.94. The van der Waals surface area contributed by atoms with Crippen molar-refractivity contribution in [1.82, 2.24) is 9.55 Å². The average molecular weight is 492 g/mol. The summed E-state index contributed by atoms with van der Waals surface area (Å²) in [4.78, 5) is 31.0. The molecule has 3 aromatic heterocycles. The molecule has 3 heterocycles. The van der Waals surface area contributed by atoms with E-state index in [-0.39, 0.29) is 11.7 Å². The van der Waals surface area contributed by atoms with Gasteiger partial charge in [0.2, 0.25) is 0 Å². The molecule has 0 aliphatic carbocycles. The maximum absolute atomic E-state index is 13.4. The third kappa shape index (κ3) is 4.74. The van der Waals surface area contributed by atoms with Gasteiger partial charge in [-0.15, -0.1) is 11.3 Å². The molecule has 2 N–H and O–H groups in total. The Hall–Kier alpha value is -3.78. The minimum absolute atomic E-state index is 0.222. The van der Waals surface area contributed by atoms with Gasteiger partial charge in [0.15, 0.2) is 0 Å². The van der Waals surface area contributed by atoms with Gasteiger partial charge in [0.1, 0.15) is 16.3 Å². The summed E-state index contributed by atoms with van der Waals surface area (Å²) in [5.74, 6) is -1.12. The highest BCUT2D eigenvalue weighted by Gasteiger charge is 2.26. The number of benzene rings is 1. The Morgan fingerprint density at radius 1 is 1.23 bits per heavy atom. The van der Waals surface area contributed by atoms with Crippen molar-refractivity contribution in [2.45, 2.75) is 26.8 Å². The first-order valence-electron chi connectivity index (χ1n) is 11.1. The number of halogens is 1. The van der Waals surface area contributed by atoms with Gasteiger partial charge in [-0.05, 0) is 42.2 Å². The molecule has 0 atom stereocenters. The number of hydrogen-bond acceptors (Lipinski definition) is 5. The van der Waals surface area contributed by atoms with Gasteiger partial charge in [0.25, 0.3) is 5.91 Å². The topological polar surface area (TPSA) is 87.2 Å². The fraction of sp³-hybridized carbons (Fsp3) is 0.222. The highest BCUT2D eigenvalue weighted by Crippen LogP contribution is 2.40. The molecule has 0 radical (unpaired) electrons. The molecule has 0 fully saturated rings. The molecule has 0 bridgehead atoms. The molecule has 1 amide bonds. The number of carbonyl (C=O) groups is 2. The summed E-state index contributed by atoms with van der Waals surface area (Å²) in [5.41, 5.74) is 9.81. The van der Waals surface area contributed by atoms with Gasteiger partial charge in [0, 0.05) is 34.1 Å². The predicted molar refractivity (Wildman–Crippen MR) is 137 cm³/mol. The Labute approximate surface area is 206 Å². The molecule has 4 rings (SSSR count). The lowest BCUT2D eigenvalue weighted by molar-refractivity contribution is 0.0606. The van der Waals surface area contributed by atoms with E-state index in [0.717, 1.165) is 16.5 Å². The third-order valence-electron chi connectivity index (χ3n) is 5.68. The fourth-order valence-electron chi connectivity index (χ4n) is 4.19. The van der Waals surface area contributed by atoms with E-state index in [4.69, 9.17) is 15.5 Å². The molecular weight excluding hydrogens is 465 g/mol. The number of fused-ring (bicyclic) bond motifs is 1. The largest absolute Gasteiger partial charge is 0.465 e. The van der Waals surface area contributed by atoms with Crippen LogP contribution in [-0.4, -0.2) is 28.5 Å². The van der Waals surface area contributed by atoms with Crippen LogP contribution in [0.4, 0.5) is 4.39 Å². The normalized spacial score (nSPS) is 11.2. The van der Waals surface area contributed by atoms with Crippen molar-refractivity contribution in [1.29, 1.82) is 0 Å². The zero-order valence-electron chi connectivity index (χ0n) is 19.8. The summed E-state index contributed by atoms with van der Waals surface area (Å²) < 4.78 is 20.3. The monoisotopic (exact) mass is 491 g/mol. The van der Waals surface area contributed by atoms with E-state index in [1.165, 1.54) is 30.6 Å². The number of esters is 1. The number of methoxy groups -OCH3 is 1. The SMILES string of the molecule is C=Cc1cn(Cc2ccc(F)cc2)c2nc(CC(C)C)c(C(N)=O)c(-c3ccc(C(=O)OC)s3)c12. The van der Waals surface area contributed by atoms with E-state index in [1.807, 2.05) is 24.6 Å². The molecule has 4 aromatic rings. The van der Waals surface area contributed by atoms with Crippen molar-refractivity contribution in [3.8, 4) is 10.4 Å². The number of amides is 1. The maximum Gasteiger partial charge on any atom is 0.348 e. The number of pyridine rings is 1. The summed E-state index contributed by atoms with van der Waals surface area (Å²) in [5, 5.41) is 0.724. The standard InChI is InChI=1S/C27H26FN3O3S/c1-5-17-14-31(13-16-6-8-18(28)9-7-16)26-22(17)24(20-10-11-21(35-20)27(33)34-4)23(25(29)32)19(30-26)12-15(2)3/h5-11,14-15H,1,12-13H2,2-4H3,(H2,29,32). The number of hydrogen-bond donors (Lipinski definition) is 1. The van der Waals surface area contributed by atoms with E-state index >= 15 is 0 Å². The molecular formula is C27H26FN3O3S. The lowest BCUT2D eigenvalue weighted by Gasteiger charge is -2.16. The minimum atomic E-state index is -0.584. The van der Waals surface area contributed by atoms with Crippen LogP contribution in [0.5, 0.6) is 0 Å². The van der Waals surface area contributed by atoms with Gasteiger partial charge in [0.05, 0.1) is 18.4 Å². The molecule has 1 aromatic carbocycles. The van der Waals surface area contributed by atoms with Crippen LogP contribution >= 0.6 is 11.3 Å². The van der Waals surface area contributed by atoms with E-state index in [1.54, 1.807) is 30.3 Å². The average Bonchev–Trinajstić information content (AvgIpc) is 3.44. The molecule has 0 saturated heterocycles. The van der Waals surface area contributed by atoms with Crippen molar-refractivity contribution in [3.63, 3.8) is 0 Å². The van der Waals surface area contributed by atoms with Crippen LogP contribution in [0, 0.1) is 11.7 Å². The number of rotatable bonds is 8. The first-order chi connectivity index (χ1) is 16.7. The number of primary amides is 1. The van der Waals surface area contributed by atoms with E-state index in [9.17, 15) is 14.0 Å². The molecule has 0 aliphatic rings. The highest BCUT2D eigenvalue weighted by molar-refractivity contribution is 7.17. The first-order valence-corrected chi connectivity index (χ1v) is 12.0. The van der Waals surface area contributed by atoms with Crippen molar-refractivity contribution in [2.24, 2.45) is 11.7 Å². The second-order valence-corrected chi connectivity index (χ2v) is 9.75. The highest BCUT2D eigenvalue weighted by atomic mass is 32.1. The first kappa shape index (κ1) is 24.3. The lowest BCUT2D eigenvalue weighted by Crippen LogP contribution is -2.18. The van der Waals surface area contributed by atoms with Gasteiger partial charge in [-0.1, -0.05) is 38.6 Å². The van der Waals surface area contributed by atoms with Crippen LogP contribution in [0.15, 0.2) is 49.2 Å². The van der Waals surface area contributed by atoms with Crippen LogP contribution < -0.4 is 5.73 Å². The van der Waals surface area contributed by atoms with Crippen molar-refractivity contribution in [2.75, 3.05) is 7.11 Å². The van der Waals surface area contributed by atoms with Crippen molar-refractivity contribution < 1.29 is 18.7 Å². The van der Waals surface area contributed by atoms with Crippen LogP contribution in [0.25, 0.3) is 27.6 Å². The summed E-state index contributed by atoms with van der Waals surface area (Å²) in [6.07, 6.45) is 4.16. The van der Waals surface area contributed by atoms with Crippen molar-refractivity contribution >= 4 is 40.3 Å². The second kappa shape index (κ2) is 9.84. The molecule has 0 unspecified atom stereocenters. The maximum atomic E-state index is 13.4. The van der Waals surface area contributed by atoms with Crippen LogP contribution in [0.1, 0.15) is 50.7 Å². The molecule has 6 nitrogen and oxygen atoms in total. The van der Waals surface area contributed by atoms with Crippen LogP contribution in [0.3, 0.4) is 0 Å². The molecule has 0 aliphatic heterocycles. The zero-order valence-corrected chi connectivity index (χ0v) is 20.6. The smallest absolute Gasteiger partial charge is 0.348 e. The number of nitrogens with zero attached hydrogens (tertiary/aromatic N) is 2. The quantitative estimate of drug-likeness (QED) is 0.321. The van der Waals surface area contributed by atoms with Gasteiger partial charge >= 0.3 is 5.97 Å². The van der Waals surface area contributed by atoms with Crippen molar-refractivity contribution in [3.05, 3.63) is 82.3 Å². The molecule has 0 spiro atoms. The second-order valence-electron chi connectivity index (χ2n) is 8.67. The molecule has 0 saturated carbocycles. The third-order valence-corrected chi connectivity index (χ3v) is 6.76. The molecule has 8 heteroatoms. The summed E-state index contributed by atoms with van der Waals surface area (Å²) in [6.45, 7) is 8.50. The van der Waals surface area contributed by atoms with Gasteiger partial charge in [-0.2, -0.15) is 0 Å². The number of carbonyl (C=O) groups excluding carboxylic acids is 2. The Balaban J connectivity index is 2.04. The van der Waals surface area contributed by atoms with E-state index in [0.29, 0.717) is 45.2 Å². The van der Waals surface area contributed by atoms with Gasteiger partial charge < -0.3 is 15.0 Å². The minimum Gasteiger partial charge on any atom is -0.465 e. The van der Waals surface area contributed by atoms with Gasteiger partial charge in [-0.25, -0.2) is 14.2 Å². The van der Waals surface area contributed by atoms with Crippen LogP contribution in [0.2, 0.25) is 0 Å². The Bertz CT molecular complexity index is 1430. The number of thiophene rings is 1. The summed E-state index contributed by atoms with van der Waals surface area (Å²) >= 11 is 1.23. The number of ether oxygens (including phenoxy) is 1. The summed E-state index contributed by atoms with van der Waals surface area (Å²) in [7, 11) is 1.33. The number of aromatic nitrogens is 2.